The standard InChI is InChI=1S/C18H24N2S/c1-13-4-6-16(7-5-13)18-19-17(12-21-18)11-20-9-14(2)8-15(3)10-20/h4-7,12,14-15H,8-11H2,1-3H3. The Morgan fingerprint density at radius 1 is 1.14 bits per heavy atom. The van der Waals surface area contributed by atoms with Crippen molar-refractivity contribution in [2.24, 2.45) is 11.8 Å². The number of nitrogens with zero attached hydrogens (tertiary/aromatic N) is 2. The van der Waals surface area contributed by atoms with Crippen LogP contribution in [0.25, 0.3) is 10.6 Å². The van der Waals surface area contributed by atoms with Gasteiger partial charge in [0.05, 0.1) is 5.69 Å². The van der Waals surface area contributed by atoms with Gasteiger partial charge in [0.2, 0.25) is 0 Å². The minimum Gasteiger partial charge on any atom is -0.297 e. The van der Waals surface area contributed by atoms with Gasteiger partial charge in [0.15, 0.2) is 0 Å². The predicted octanol–water partition coefficient (Wildman–Crippen LogP) is 4.60. The first-order chi connectivity index (χ1) is 10.1. The molecule has 2 aromatic rings. The molecule has 1 aromatic carbocycles. The van der Waals surface area contributed by atoms with Gasteiger partial charge in [0.1, 0.15) is 5.01 Å². The number of hydrogen-bond acceptors (Lipinski definition) is 3. The van der Waals surface area contributed by atoms with Crippen molar-refractivity contribution in [2.75, 3.05) is 13.1 Å². The summed E-state index contributed by atoms with van der Waals surface area (Å²) in [6, 6.07) is 8.65. The van der Waals surface area contributed by atoms with Crippen LogP contribution in [0.4, 0.5) is 0 Å². The molecular weight excluding hydrogens is 276 g/mol. The van der Waals surface area contributed by atoms with Crippen LogP contribution in [0.5, 0.6) is 0 Å². The summed E-state index contributed by atoms with van der Waals surface area (Å²) < 4.78 is 0. The molecule has 2 unspecified atom stereocenters. The highest BCUT2D eigenvalue weighted by molar-refractivity contribution is 7.13. The third-order valence-electron chi connectivity index (χ3n) is 4.18. The molecule has 1 aliphatic heterocycles. The summed E-state index contributed by atoms with van der Waals surface area (Å²) in [7, 11) is 0. The van der Waals surface area contributed by atoms with E-state index in [4.69, 9.17) is 4.98 Å². The summed E-state index contributed by atoms with van der Waals surface area (Å²) in [6.45, 7) is 10.3. The second-order valence-electron chi connectivity index (χ2n) is 6.65. The van der Waals surface area contributed by atoms with Crippen LogP contribution in [0, 0.1) is 18.8 Å². The van der Waals surface area contributed by atoms with Crippen LogP contribution in [0.15, 0.2) is 29.6 Å². The molecule has 0 saturated carbocycles. The van der Waals surface area contributed by atoms with Crippen molar-refractivity contribution in [3.8, 4) is 10.6 Å². The van der Waals surface area contributed by atoms with Gasteiger partial charge >= 0.3 is 0 Å². The van der Waals surface area contributed by atoms with Crippen LogP contribution < -0.4 is 0 Å². The van der Waals surface area contributed by atoms with E-state index in [9.17, 15) is 0 Å². The van der Waals surface area contributed by atoms with Crippen molar-refractivity contribution >= 4 is 11.3 Å². The molecule has 0 amide bonds. The van der Waals surface area contributed by atoms with Crippen molar-refractivity contribution in [1.82, 2.24) is 9.88 Å². The highest BCUT2D eigenvalue weighted by Gasteiger charge is 2.22. The molecule has 1 aliphatic rings. The van der Waals surface area contributed by atoms with Crippen molar-refractivity contribution in [3.63, 3.8) is 0 Å². The second-order valence-corrected chi connectivity index (χ2v) is 7.51. The largest absolute Gasteiger partial charge is 0.297 e. The third-order valence-corrected chi connectivity index (χ3v) is 5.12. The first kappa shape index (κ1) is 14.7. The van der Waals surface area contributed by atoms with E-state index in [1.54, 1.807) is 11.3 Å². The van der Waals surface area contributed by atoms with Crippen LogP contribution in [-0.2, 0) is 6.54 Å². The number of hydrogen-bond donors (Lipinski definition) is 0. The number of aryl methyl sites for hydroxylation is 1. The molecule has 1 saturated heterocycles. The summed E-state index contributed by atoms with van der Waals surface area (Å²) in [4.78, 5) is 7.39. The van der Waals surface area contributed by atoms with Crippen molar-refractivity contribution in [2.45, 2.75) is 33.7 Å². The number of rotatable bonds is 3. The number of aromatic nitrogens is 1. The molecule has 112 valence electrons. The van der Waals surface area contributed by atoms with Crippen LogP contribution in [0.2, 0.25) is 0 Å². The monoisotopic (exact) mass is 300 g/mol. The van der Waals surface area contributed by atoms with E-state index in [1.807, 2.05) is 0 Å². The third kappa shape index (κ3) is 3.72. The number of benzene rings is 1. The van der Waals surface area contributed by atoms with Crippen LogP contribution in [-0.4, -0.2) is 23.0 Å². The minimum atomic E-state index is 0.809. The summed E-state index contributed by atoms with van der Waals surface area (Å²) >= 11 is 1.76. The lowest BCUT2D eigenvalue weighted by atomic mass is 9.92. The van der Waals surface area contributed by atoms with Crippen LogP contribution in [0.1, 0.15) is 31.5 Å². The fraction of sp³-hybridized carbons (Fsp3) is 0.500. The smallest absolute Gasteiger partial charge is 0.123 e. The van der Waals surface area contributed by atoms with E-state index in [-0.39, 0.29) is 0 Å². The Bertz CT molecular complexity index is 578. The Morgan fingerprint density at radius 3 is 2.48 bits per heavy atom. The SMILES string of the molecule is Cc1ccc(-c2nc(CN3CC(C)CC(C)C3)cs2)cc1. The van der Waals surface area contributed by atoms with E-state index in [0.29, 0.717) is 0 Å². The van der Waals surface area contributed by atoms with Gasteiger partial charge < -0.3 is 0 Å². The Labute approximate surface area is 131 Å². The van der Waals surface area contributed by atoms with Crippen molar-refractivity contribution in [3.05, 3.63) is 40.9 Å². The van der Waals surface area contributed by atoms with E-state index in [0.717, 1.165) is 23.4 Å². The normalized spacial score (nSPS) is 23.4. The Kier molecular flexibility index (Phi) is 4.41. The average molecular weight is 300 g/mol. The lowest BCUT2D eigenvalue weighted by molar-refractivity contribution is 0.133. The quantitative estimate of drug-likeness (QED) is 0.823. The topological polar surface area (TPSA) is 16.1 Å². The Balaban J connectivity index is 1.69. The molecular formula is C18H24N2S. The number of likely N-dealkylation sites (tertiary alicyclic amines) is 1. The minimum absolute atomic E-state index is 0.809. The van der Waals surface area contributed by atoms with Gasteiger partial charge in [-0.05, 0) is 25.2 Å². The molecule has 1 aromatic heterocycles. The summed E-state index contributed by atoms with van der Waals surface area (Å²) in [5.74, 6) is 1.62. The molecule has 2 nitrogen and oxygen atoms in total. The second kappa shape index (κ2) is 6.29. The molecule has 0 N–H and O–H groups in total. The lowest BCUT2D eigenvalue weighted by Crippen LogP contribution is -2.38. The summed E-state index contributed by atoms with van der Waals surface area (Å²) in [5.41, 5.74) is 3.75. The zero-order valence-corrected chi connectivity index (χ0v) is 14.0. The molecule has 3 rings (SSSR count). The van der Waals surface area contributed by atoms with Gasteiger partial charge in [-0.1, -0.05) is 43.7 Å². The highest BCUT2D eigenvalue weighted by Crippen LogP contribution is 2.26. The fourth-order valence-corrected chi connectivity index (χ4v) is 4.18. The first-order valence-corrected chi connectivity index (χ1v) is 8.72. The molecule has 0 radical (unpaired) electrons. The van der Waals surface area contributed by atoms with Crippen molar-refractivity contribution in [1.29, 1.82) is 0 Å². The molecule has 2 heterocycles. The van der Waals surface area contributed by atoms with Gasteiger partial charge in [-0.25, -0.2) is 4.98 Å². The zero-order chi connectivity index (χ0) is 14.8. The van der Waals surface area contributed by atoms with E-state index < -0.39 is 0 Å². The predicted molar refractivity (Wildman–Crippen MR) is 90.5 cm³/mol. The Hall–Kier alpha value is -1.19. The van der Waals surface area contributed by atoms with Gasteiger partial charge in [-0.3, -0.25) is 4.90 Å². The van der Waals surface area contributed by atoms with E-state index in [2.05, 4.69) is 55.3 Å². The van der Waals surface area contributed by atoms with E-state index >= 15 is 0 Å². The Morgan fingerprint density at radius 2 is 1.81 bits per heavy atom. The lowest BCUT2D eigenvalue weighted by Gasteiger charge is -2.34. The van der Waals surface area contributed by atoms with Gasteiger partial charge in [-0.2, -0.15) is 0 Å². The van der Waals surface area contributed by atoms with Gasteiger partial charge in [0.25, 0.3) is 0 Å². The van der Waals surface area contributed by atoms with Crippen LogP contribution >= 0.6 is 11.3 Å². The maximum atomic E-state index is 4.83. The molecule has 21 heavy (non-hydrogen) atoms. The summed E-state index contributed by atoms with van der Waals surface area (Å²) in [6.07, 6.45) is 1.36. The maximum absolute atomic E-state index is 4.83. The van der Waals surface area contributed by atoms with Gasteiger partial charge in [0, 0.05) is 30.6 Å². The molecule has 0 aliphatic carbocycles. The van der Waals surface area contributed by atoms with E-state index in [1.165, 1.54) is 36.3 Å². The number of thiazole rings is 1. The fourth-order valence-electron chi connectivity index (χ4n) is 3.36. The highest BCUT2D eigenvalue weighted by atomic mass is 32.1. The summed E-state index contributed by atoms with van der Waals surface area (Å²) in [5, 5.41) is 3.36. The molecule has 2 atom stereocenters. The molecule has 0 bridgehead atoms. The number of piperidine rings is 1. The molecule has 3 heteroatoms. The molecule has 1 fully saturated rings. The molecule has 0 spiro atoms. The zero-order valence-electron chi connectivity index (χ0n) is 13.2. The average Bonchev–Trinajstić information content (AvgIpc) is 2.87. The first-order valence-electron chi connectivity index (χ1n) is 7.84. The van der Waals surface area contributed by atoms with Crippen LogP contribution in [0.3, 0.4) is 0 Å². The van der Waals surface area contributed by atoms with Gasteiger partial charge in [-0.15, -0.1) is 11.3 Å². The maximum Gasteiger partial charge on any atom is 0.123 e. The van der Waals surface area contributed by atoms with Crippen molar-refractivity contribution < 1.29 is 0 Å².